The third-order valence-electron chi connectivity index (χ3n) is 3.37. The van der Waals surface area contributed by atoms with Gasteiger partial charge in [-0.15, -0.1) is 0 Å². The van der Waals surface area contributed by atoms with Crippen LogP contribution in [-0.2, 0) is 0 Å². The molecule has 1 aromatic rings. The molecular formula is C13H18N2O3. The zero-order valence-electron chi connectivity index (χ0n) is 10.1. The van der Waals surface area contributed by atoms with Crippen molar-refractivity contribution < 1.29 is 15.0 Å². The summed E-state index contributed by atoms with van der Waals surface area (Å²) in [5.41, 5.74) is 6.28. The fourth-order valence-electron chi connectivity index (χ4n) is 2.26. The van der Waals surface area contributed by atoms with Crippen LogP contribution in [-0.4, -0.2) is 28.2 Å². The molecule has 1 amide bonds. The standard InChI is InChI=1S/C13H18N2O3/c14-9-3-1-2-4-10(9)15-13(18)8-5-6-11(16)12(17)7-8/h5-7,9-10,16-17H,1-4,14H2,(H,15,18). The average Bonchev–Trinajstić information content (AvgIpc) is 2.35. The highest BCUT2D eigenvalue weighted by Gasteiger charge is 2.23. The van der Waals surface area contributed by atoms with E-state index in [1.165, 1.54) is 18.2 Å². The molecule has 98 valence electrons. The lowest BCUT2D eigenvalue weighted by molar-refractivity contribution is 0.0921. The van der Waals surface area contributed by atoms with Crippen LogP contribution in [0.2, 0.25) is 0 Å². The Morgan fingerprint density at radius 1 is 1.22 bits per heavy atom. The number of phenolic OH excluding ortho intramolecular Hbond substituents is 2. The number of nitrogens with two attached hydrogens (primary N) is 1. The van der Waals surface area contributed by atoms with Crippen molar-refractivity contribution in [2.75, 3.05) is 0 Å². The zero-order chi connectivity index (χ0) is 13.1. The van der Waals surface area contributed by atoms with E-state index in [1.54, 1.807) is 0 Å². The molecule has 2 rings (SSSR count). The fourth-order valence-corrected chi connectivity index (χ4v) is 2.26. The molecule has 5 heteroatoms. The summed E-state index contributed by atoms with van der Waals surface area (Å²) < 4.78 is 0. The van der Waals surface area contributed by atoms with E-state index in [0.717, 1.165) is 25.7 Å². The highest BCUT2D eigenvalue weighted by molar-refractivity contribution is 5.95. The first-order valence-electron chi connectivity index (χ1n) is 6.16. The molecule has 1 fully saturated rings. The molecule has 2 unspecified atom stereocenters. The van der Waals surface area contributed by atoms with Crippen LogP contribution in [0.5, 0.6) is 11.5 Å². The molecule has 0 heterocycles. The molecule has 0 bridgehead atoms. The molecule has 5 nitrogen and oxygen atoms in total. The molecule has 18 heavy (non-hydrogen) atoms. The Labute approximate surface area is 106 Å². The lowest BCUT2D eigenvalue weighted by Gasteiger charge is -2.29. The van der Waals surface area contributed by atoms with E-state index in [1.807, 2.05) is 0 Å². The smallest absolute Gasteiger partial charge is 0.251 e. The van der Waals surface area contributed by atoms with Gasteiger partial charge < -0.3 is 21.3 Å². The molecule has 2 atom stereocenters. The van der Waals surface area contributed by atoms with Crippen LogP contribution in [0, 0.1) is 0 Å². The number of carbonyl (C=O) groups excluding carboxylic acids is 1. The van der Waals surface area contributed by atoms with E-state index in [0.29, 0.717) is 5.56 Å². The first kappa shape index (κ1) is 12.7. The Bertz CT molecular complexity index is 448. The minimum absolute atomic E-state index is 0.00610. The summed E-state index contributed by atoms with van der Waals surface area (Å²) in [4.78, 5) is 12.0. The molecule has 0 radical (unpaired) electrons. The van der Waals surface area contributed by atoms with Crippen LogP contribution in [0.1, 0.15) is 36.0 Å². The number of nitrogens with one attached hydrogen (secondary N) is 1. The third-order valence-corrected chi connectivity index (χ3v) is 3.37. The number of hydrogen-bond donors (Lipinski definition) is 4. The van der Waals surface area contributed by atoms with Crippen LogP contribution in [0.15, 0.2) is 18.2 Å². The number of phenols is 2. The maximum Gasteiger partial charge on any atom is 0.251 e. The molecule has 1 aliphatic rings. The van der Waals surface area contributed by atoms with Crippen LogP contribution < -0.4 is 11.1 Å². The van der Waals surface area contributed by atoms with Gasteiger partial charge in [-0.3, -0.25) is 4.79 Å². The zero-order valence-corrected chi connectivity index (χ0v) is 10.1. The van der Waals surface area contributed by atoms with Gasteiger partial charge in [-0.05, 0) is 31.0 Å². The van der Waals surface area contributed by atoms with E-state index in [-0.39, 0.29) is 29.5 Å². The van der Waals surface area contributed by atoms with Crippen molar-refractivity contribution in [3.05, 3.63) is 23.8 Å². The molecular weight excluding hydrogens is 232 g/mol. The number of amides is 1. The number of benzene rings is 1. The average molecular weight is 250 g/mol. The number of rotatable bonds is 2. The summed E-state index contributed by atoms with van der Waals surface area (Å²) in [7, 11) is 0. The minimum atomic E-state index is -0.296. The molecule has 0 saturated heterocycles. The highest BCUT2D eigenvalue weighted by Crippen LogP contribution is 2.25. The molecule has 0 aliphatic heterocycles. The molecule has 1 aromatic carbocycles. The second-order valence-corrected chi connectivity index (χ2v) is 4.73. The molecule has 5 N–H and O–H groups in total. The van der Waals surface area contributed by atoms with Gasteiger partial charge in [0.1, 0.15) is 0 Å². The maximum atomic E-state index is 12.0. The van der Waals surface area contributed by atoms with Crippen molar-refractivity contribution in [3.63, 3.8) is 0 Å². The summed E-state index contributed by atoms with van der Waals surface area (Å²) in [6.07, 6.45) is 3.98. The predicted molar refractivity (Wildman–Crippen MR) is 67.5 cm³/mol. The van der Waals surface area contributed by atoms with Crippen LogP contribution in [0.25, 0.3) is 0 Å². The highest BCUT2D eigenvalue weighted by atomic mass is 16.3. The summed E-state index contributed by atoms with van der Waals surface area (Å²) in [5, 5.41) is 21.4. The minimum Gasteiger partial charge on any atom is -0.504 e. The van der Waals surface area contributed by atoms with Crippen LogP contribution in [0.3, 0.4) is 0 Å². The number of carbonyl (C=O) groups is 1. The largest absolute Gasteiger partial charge is 0.504 e. The lowest BCUT2D eigenvalue weighted by Crippen LogP contribution is -2.49. The predicted octanol–water partition coefficient (Wildman–Crippen LogP) is 1.10. The summed E-state index contributed by atoms with van der Waals surface area (Å²) in [5.74, 6) is -0.802. The summed E-state index contributed by atoms with van der Waals surface area (Å²) in [6.45, 7) is 0. The van der Waals surface area contributed by atoms with Gasteiger partial charge in [-0.2, -0.15) is 0 Å². The fraction of sp³-hybridized carbons (Fsp3) is 0.462. The summed E-state index contributed by atoms with van der Waals surface area (Å²) in [6, 6.07) is 4.00. The number of aromatic hydroxyl groups is 2. The monoisotopic (exact) mass is 250 g/mol. The van der Waals surface area contributed by atoms with Crippen molar-refractivity contribution in [3.8, 4) is 11.5 Å². The van der Waals surface area contributed by atoms with Crippen molar-refractivity contribution >= 4 is 5.91 Å². The van der Waals surface area contributed by atoms with E-state index in [4.69, 9.17) is 5.73 Å². The third kappa shape index (κ3) is 2.73. The molecule has 1 aliphatic carbocycles. The Hall–Kier alpha value is -1.75. The van der Waals surface area contributed by atoms with Crippen molar-refractivity contribution in [1.82, 2.24) is 5.32 Å². The van der Waals surface area contributed by atoms with E-state index in [2.05, 4.69) is 5.32 Å². The first-order valence-corrected chi connectivity index (χ1v) is 6.16. The van der Waals surface area contributed by atoms with Gasteiger partial charge in [-0.25, -0.2) is 0 Å². The quantitative estimate of drug-likeness (QED) is 0.591. The lowest BCUT2D eigenvalue weighted by atomic mass is 9.91. The number of hydrogen-bond acceptors (Lipinski definition) is 4. The van der Waals surface area contributed by atoms with E-state index in [9.17, 15) is 15.0 Å². The van der Waals surface area contributed by atoms with Gasteiger partial charge in [0.05, 0.1) is 0 Å². The first-order chi connectivity index (χ1) is 8.58. The molecule has 0 spiro atoms. The van der Waals surface area contributed by atoms with E-state index >= 15 is 0 Å². The van der Waals surface area contributed by atoms with Gasteiger partial charge in [0, 0.05) is 17.6 Å². The van der Waals surface area contributed by atoms with Gasteiger partial charge in [0.25, 0.3) is 5.91 Å². The molecule has 0 aromatic heterocycles. The second kappa shape index (κ2) is 5.27. The van der Waals surface area contributed by atoms with Gasteiger partial charge in [-0.1, -0.05) is 12.8 Å². The van der Waals surface area contributed by atoms with E-state index < -0.39 is 0 Å². The normalized spacial score (nSPS) is 23.6. The van der Waals surface area contributed by atoms with Crippen LogP contribution >= 0.6 is 0 Å². The Kier molecular flexibility index (Phi) is 3.72. The Morgan fingerprint density at radius 2 is 1.94 bits per heavy atom. The maximum absolute atomic E-state index is 12.0. The van der Waals surface area contributed by atoms with Gasteiger partial charge in [0.2, 0.25) is 0 Å². The van der Waals surface area contributed by atoms with Gasteiger partial charge in [0.15, 0.2) is 11.5 Å². The SMILES string of the molecule is NC1CCCCC1NC(=O)c1ccc(O)c(O)c1. The van der Waals surface area contributed by atoms with Gasteiger partial charge >= 0.3 is 0 Å². The van der Waals surface area contributed by atoms with Crippen LogP contribution in [0.4, 0.5) is 0 Å². The van der Waals surface area contributed by atoms with Crippen molar-refractivity contribution in [2.24, 2.45) is 5.73 Å². The topological polar surface area (TPSA) is 95.6 Å². The Balaban J connectivity index is 2.04. The summed E-state index contributed by atoms with van der Waals surface area (Å²) >= 11 is 0. The molecule has 1 saturated carbocycles. The van der Waals surface area contributed by atoms with Crippen molar-refractivity contribution in [1.29, 1.82) is 0 Å². The Morgan fingerprint density at radius 3 is 2.61 bits per heavy atom. The second-order valence-electron chi connectivity index (χ2n) is 4.73. The van der Waals surface area contributed by atoms with Crippen molar-refractivity contribution in [2.45, 2.75) is 37.8 Å².